The lowest BCUT2D eigenvalue weighted by molar-refractivity contribution is -0.136. The Kier molecular flexibility index (Phi) is 4.91. The number of ether oxygens (including phenoxy) is 1. The van der Waals surface area contributed by atoms with Crippen LogP contribution >= 0.6 is 0 Å². The van der Waals surface area contributed by atoms with E-state index in [1.54, 1.807) is 27.8 Å². The van der Waals surface area contributed by atoms with Crippen LogP contribution in [0.1, 0.15) is 18.2 Å². The lowest BCUT2D eigenvalue weighted by Crippen LogP contribution is -2.38. The average Bonchev–Trinajstić information content (AvgIpc) is 3.31. The van der Waals surface area contributed by atoms with Crippen molar-refractivity contribution in [1.82, 2.24) is 24.8 Å². The maximum Gasteiger partial charge on any atom is 0.279 e. The largest absolute Gasteiger partial charge is 0.372 e. The molecular weight excluding hydrogens is 365 g/mol. The van der Waals surface area contributed by atoms with Gasteiger partial charge in [0.1, 0.15) is 12.4 Å². The summed E-state index contributed by atoms with van der Waals surface area (Å²) in [4.78, 5) is 18.4. The number of halogens is 1. The van der Waals surface area contributed by atoms with Crippen LogP contribution < -0.4 is 0 Å². The second kappa shape index (κ2) is 7.51. The summed E-state index contributed by atoms with van der Waals surface area (Å²) in [6.45, 7) is 3.39. The quantitative estimate of drug-likeness (QED) is 0.669. The van der Waals surface area contributed by atoms with E-state index in [1.165, 1.54) is 6.07 Å². The predicted molar refractivity (Wildman–Crippen MR) is 97.5 cm³/mol. The number of hydrogen-bond donors (Lipinski definition) is 0. The smallest absolute Gasteiger partial charge is 0.279 e. The molecule has 9 heteroatoms. The van der Waals surface area contributed by atoms with Gasteiger partial charge in [0, 0.05) is 44.4 Å². The molecule has 1 aromatic carbocycles. The maximum atomic E-state index is 14.0. The van der Waals surface area contributed by atoms with E-state index in [9.17, 15) is 9.18 Å². The number of amides is 1. The fraction of sp³-hybridized carbons (Fsp3) is 0.368. The van der Waals surface area contributed by atoms with Crippen LogP contribution in [0.5, 0.6) is 0 Å². The zero-order valence-corrected chi connectivity index (χ0v) is 15.7. The number of carbonyl (C=O) groups excluding carboxylic acids is 1. The fourth-order valence-corrected chi connectivity index (χ4v) is 3.33. The predicted octanol–water partition coefficient (Wildman–Crippen LogP) is 2.20. The first kappa shape index (κ1) is 18.3. The molecule has 4 rings (SSSR count). The molecular formula is C19H20FN5O3. The molecule has 0 saturated carbocycles. The standard InChI is InChI=1S/C19H20FN5O3/c1-3-27-11-16(26)25-9-8-15-13(10-25)17(22-24(15)2)19-21-18(23-28-19)12-6-4-5-7-14(12)20/h4-7H,3,8-11H2,1-2H3. The SMILES string of the molecule is CCOCC(=O)N1CCc2c(c(-c3nc(-c4ccccc4F)no3)nn2C)C1. The topological polar surface area (TPSA) is 86.3 Å². The summed E-state index contributed by atoms with van der Waals surface area (Å²) in [6.07, 6.45) is 0.672. The minimum atomic E-state index is -0.425. The number of benzene rings is 1. The Bertz CT molecular complexity index is 1010. The van der Waals surface area contributed by atoms with Crippen LogP contribution in [0.15, 0.2) is 28.8 Å². The molecule has 8 nitrogen and oxygen atoms in total. The Morgan fingerprint density at radius 2 is 2.18 bits per heavy atom. The third-order valence-corrected chi connectivity index (χ3v) is 4.77. The van der Waals surface area contributed by atoms with E-state index in [4.69, 9.17) is 9.26 Å². The molecule has 0 N–H and O–H groups in total. The molecule has 0 radical (unpaired) electrons. The van der Waals surface area contributed by atoms with Gasteiger partial charge in [0.05, 0.1) is 5.56 Å². The van der Waals surface area contributed by atoms with E-state index in [1.807, 2.05) is 14.0 Å². The molecule has 3 heterocycles. The van der Waals surface area contributed by atoms with E-state index in [-0.39, 0.29) is 29.8 Å². The molecule has 0 unspecified atom stereocenters. The van der Waals surface area contributed by atoms with E-state index < -0.39 is 5.82 Å². The highest BCUT2D eigenvalue weighted by atomic mass is 19.1. The molecule has 1 aliphatic heterocycles. The monoisotopic (exact) mass is 385 g/mol. The second-order valence-electron chi connectivity index (χ2n) is 6.50. The van der Waals surface area contributed by atoms with Crippen LogP contribution in [-0.2, 0) is 29.5 Å². The van der Waals surface area contributed by atoms with E-state index in [0.717, 1.165) is 11.3 Å². The minimum absolute atomic E-state index is 0.0550. The summed E-state index contributed by atoms with van der Waals surface area (Å²) in [5, 5.41) is 8.41. The Hall–Kier alpha value is -3.07. The molecule has 1 amide bonds. The summed E-state index contributed by atoms with van der Waals surface area (Å²) in [5.41, 5.74) is 2.65. The van der Waals surface area contributed by atoms with Crippen molar-refractivity contribution in [2.24, 2.45) is 7.05 Å². The van der Waals surface area contributed by atoms with Gasteiger partial charge in [-0.05, 0) is 19.1 Å². The van der Waals surface area contributed by atoms with Gasteiger partial charge in [-0.25, -0.2) is 4.39 Å². The zero-order chi connectivity index (χ0) is 19.7. The molecule has 0 aliphatic carbocycles. The highest BCUT2D eigenvalue weighted by Gasteiger charge is 2.29. The van der Waals surface area contributed by atoms with Crippen molar-refractivity contribution < 1.29 is 18.4 Å². The third kappa shape index (κ3) is 3.29. The maximum absolute atomic E-state index is 14.0. The van der Waals surface area contributed by atoms with Crippen LogP contribution in [0.3, 0.4) is 0 Å². The molecule has 146 valence electrons. The van der Waals surface area contributed by atoms with E-state index in [0.29, 0.717) is 31.8 Å². The number of rotatable bonds is 5. The van der Waals surface area contributed by atoms with E-state index >= 15 is 0 Å². The summed E-state index contributed by atoms with van der Waals surface area (Å²) in [5.74, 6) is -0.132. The Labute approximate surface area is 160 Å². The van der Waals surface area contributed by atoms with Crippen molar-refractivity contribution in [1.29, 1.82) is 0 Å². The summed E-state index contributed by atoms with van der Waals surface area (Å²) in [6, 6.07) is 6.24. The van der Waals surface area contributed by atoms with Crippen LogP contribution in [0.25, 0.3) is 23.0 Å². The Balaban J connectivity index is 1.64. The summed E-state index contributed by atoms with van der Waals surface area (Å²) >= 11 is 0. The first-order chi connectivity index (χ1) is 13.6. The zero-order valence-electron chi connectivity index (χ0n) is 15.7. The molecule has 0 atom stereocenters. The third-order valence-electron chi connectivity index (χ3n) is 4.77. The number of aromatic nitrogens is 4. The van der Waals surface area contributed by atoms with Crippen molar-refractivity contribution >= 4 is 5.91 Å². The van der Waals surface area contributed by atoms with Gasteiger partial charge in [-0.1, -0.05) is 17.3 Å². The number of hydrogen-bond acceptors (Lipinski definition) is 6. The molecule has 28 heavy (non-hydrogen) atoms. The van der Waals surface area contributed by atoms with Gasteiger partial charge >= 0.3 is 0 Å². The number of nitrogens with zero attached hydrogens (tertiary/aromatic N) is 5. The molecule has 3 aromatic rings. The van der Waals surface area contributed by atoms with Crippen molar-refractivity contribution in [2.45, 2.75) is 19.9 Å². The highest BCUT2D eigenvalue weighted by Crippen LogP contribution is 2.30. The second-order valence-corrected chi connectivity index (χ2v) is 6.50. The van der Waals surface area contributed by atoms with Gasteiger partial charge in [-0.3, -0.25) is 9.48 Å². The van der Waals surface area contributed by atoms with Crippen molar-refractivity contribution in [3.8, 4) is 23.0 Å². The fourth-order valence-electron chi connectivity index (χ4n) is 3.33. The van der Waals surface area contributed by atoms with E-state index in [2.05, 4.69) is 15.2 Å². The molecule has 0 saturated heterocycles. The molecule has 1 aliphatic rings. The van der Waals surface area contributed by atoms with Crippen molar-refractivity contribution in [2.75, 3.05) is 19.8 Å². The Morgan fingerprint density at radius 3 is 2.96 bits per heavy atom. The number of fused-ring (bicyclic) bond motifs is 1. The number of aryl methyl sites for hydroxylation is 1. The van der Waals surface area contributed by atoms with Gasteiger partial charge in [-0.15, -0.1) is 0 Å². The lowest BCUT2D eigenvalue weighted by atomic mass is 10.0. The van der Waals surface area contributed by atoms with Gasteiger partial charge in [-0.2, -0.15) is 10.1 Å². The molecule has 2 aromatic heterocycles. The number of carbonyl (C=O) groups is 1. The summed E-state index contributed by atoms with van der Waals surface area (Å²) in [7, 11) is 1.84. The molecule has 0 spiro atoms. The van der Waals surface area contributed by atoms with Crippen LogP contribution in [0.4, 0.5) is 4.39 Å². The van der Waals surface area contributed by atoms with Gasteiger partial charge in [0.2, 0.25) is 11.7 Å². The van der Waals surface area contributed by atoms with Crippen molar-refractivity contribution in [3.63, 3.8) is 0 Å². The minimum Gasteiger partial charge on any atom is -0.372 e. The average molecular weight is 385 g/mol. The summed E-state index contributed by atoms with van der Waals surface area (Å²) < 4.78 is 26.4. The van der Waals surface area contributed by atoms with Gasteiger partial charge in [0.25, 0.3) is 5.89 Å². The van der Waals surface area contributed by atoms with Crippen LogP contribution in [0, 0.1) is 5.82 Å². The van der Waals surface area contributed by atoms with Gasteiger partial charge < -0.3 is 14.2 Å². The van der Waals surface area contributed by atoms with Crippen LogP contribution in [0.2, 0.25) is 0 Å². The van der Waals surface area contributed by atoms with Crippen molar-refractivity contribution in [3.05, 3.63) is 41.3 Å². The molecule has 0 fully saturated rings. The lowest BCUT2D eigenvalue weighted by Gasteiger charge is -2.27. The normalized spacial score (nSPS) is 13.6. The van der Waals surface area contributed by atoms with Crippen LogP contribution in [-0.4, -0.2) is 50.5 Å². The Morgan fingerprint density at radius 1 is 1.36 bits per heavy atom. The first-order valence-corrected chi connectivity index (χ1v) is 9.07. The molecule has 0 bridgehead atoms. The highest BCUT2D eigenvalue weighted by molar-refractivity contribution is 5.78. The first-order valence-electron chi connectivity index (χ1n) is 9.07. The van der Waals surface area contributed by atoms with Gasteiger partial charge in [0.15, 0.2) is 5.69 Å².